The second-order valence-electron chi connectivity index (χ2n) is 6.08. The van der Waals surface area contributed by atoms with Crippen LogP contribution in [0.5, 0.6) is 5.88 Å². The predicted molar refractivity (Wildman–Crippen MR) is 90.3 cm³/mol. The van der Waals surface area contributed by atoms with Gasteiger partial charge in [-0.3, -0.25) is 4.79 Å². The third-order valence-corrected chi connectivity index (χ3v) is 4.68. The molecule has 0 radical (unpaired) electrons. The number of fused-ring (bicyclic) bond motifs is 3. The smallest absolute Gasteiger partial charge is 0.294 e. The molecule has 1 aromatic carbocycles. The van der Waals surface area contributed by atoms with Crippen molar-refractivity contribution in [3.63, 3.8) is 0 Å². The average molecular weight is 311 g/mol. The molecule has 0 atom stereocenters. The Kier molecular flexibility index (Phi) is 3.56. The molecule has 4 rings (SSSR count). The molecule has 2 aliphatic heterocycles. The minimum atomic E-state index is 0.0138. The number of aryl methyl sites for hydroxylation is 1. The van der Waals surface area contributed by atoms with Crippen molar-refractivity contribution < 1.29 is 4.74 Å². The summed E-state index contributed by atoms with van der Waals surface area (Å²) in [5, 5.41) is 0. The van der Waals surface area contributed by atoms with Gasteiger partial charge in [-0.1, -0.05) is 24.3 Å². The van der Waals surface area contributed by atoms with E-state index in [4.69, 9.17) is 4.74 Å². The summed E-state index contributed by atoms with van der Waals surface area (Å²) in [7, 11) is 0. The van der Waals surface area contributed by atoms with Crippen LogP contribution in [0, 0.1) is 0 Å². The van der Waals surface area contributed by atoms with Crippen molar-refractivity contribution in [1.29, 1.82) is 0 Å². The van der Waals surface area contributed by atoms with E-state index in [1.165, 1.54) is 5.56 Å². The van der Waals surface area contributed by atoms with E-state index in [2.05, 4.69) is 22.0 Å². The topological polar surface area (TPSA) is 47.4 Å². The second kappa shape index (κ2) is 5.72. The van der Waals surface area contributed by atoms with E-state index in [0.717, 1.165) is 43.6 Å². The molecular weight excluding hydrogens is 290 g/mol. The van der Waals surface area contributed by atoms with Gasteiger partial charge in [0.2, 0.25) is 5.88 Å². The number of nitrogens with zero attached hydrogens (tertiary/aromatic N) is 3. The van der Waals surface area contributed by atoms with Crippen LogP contribution < -0.4 is 15.2 Å². The van der Waals surface area contributed by atoms with Crippen molar-refractivity contribution in [3.05, 3.63) is 40.2 Å². The molecular formula is C18H21N3O2. The fourth-order valence-corrected chi connectivity index (χ4v) is 3.58. The summed E-state index contributed by atoms with van der Waals surface area (Å²) in [6.07, 6.45) is 3.11. The fraction of sp³-hybridized carbons (Fsp3) is 0.444. The maximum atomic E-state index is 13.0. The van der Waals surface area contributed by atoms with Gasteiger partial charge in [-0.05, 0) is 31.7 Å². The standard InChI is InChI=1S/C18H21N3O2/c1-2-23-17-15-14-8-4-3-7-13(14)9-12-21(15)18(22)16(19-17)20-10-5-6-11-20/h3-4,7-8H,2,5-6,9-12H2,1H3. The van der Waals surface area contributed by atoms with Gasteiger partial charge < -0.3 is 14.2 Å². The van der Waals surface area contributed by atoms with E-state index in [0.29, 0.717) is 24.8 Å². The maximum Gasteiger partial charge on any atom is 0.294 e. The number of aromatic nitrogens is 2. The lowest BCUT2D eigenvalue weighted by atomic mass is 9.98. The van der Waals surface area contributed by atoms with Gasteiger partial charge in [0.25, 0.3) is 5.56 Å². The van der Waals surface area contributed by atoms with Crippen LogP contribution in [-0.2, 0) is 13.0 Å². The molecule has 0 amide bonds. The summed E-state index contributed by atoms with van der Waals surface area (Å²) in [5.74, 6) is 1.13. The lowest BCUT2D eigenvalue weighted by Crippen LogP contribution is -2.34. The quantitative estimate of drug-likeness (QED) is 0.873. The van der Waals surface area contributed by atoms with Gasteiger partial charge in [-0.25, -0.2) is 0 Å². The number of rotatable bonds is 3. The van der Waals surface area contributed by atoms with Crippen LogP contribution in [0.15, 0.2) is 29.1 Å². The molecule has 2 aromatic rings. The van der Waals surface area contributed by atoms with Crippen LogP contribution in [0.1, 0.15) is 25.3 Å². The van der Waals surface area contributed by atoms with Gasteiger partial charge in [0.15, 0.2) is 5.82 Å². The molecule has 2 aliphatic rings. The Bertz CT molecular complexity index is 791. The van der Waals surface area contributed by atoms with E-state index < -0.39 is 0 Å². The lowest BCUT2D eigenvalue weighted by Gasteiger charge is -2.26. The molecule has 0 saturated carbocycles. The second-order valence-corrected chi connectivity index (χ2v) is 6.08. The minimum Gasteiger partial charge on any atom is -0.476 e. The molecule has 1 fully saturated rings. The monoisotopic (exact) mass is 311 g/mol. The van der Waals surface area contributed by atoms with Crippen LogP contribution in [0.4, 0.5) is 5.82 Å². The largest absolute Gasteiger partial charge is 0.476 e. The van der Waals surface area contributed by atoms with Crippen LogP contribution in [-0.4, -0.2) is 29.2 Å². The summed E-state index contributed by atoms with van der Waals surface area (Å²) in [4.78, 5) is 19.7. The van der Waals surface area contributed by atoms with Crippen LogP contribution in [0.2, 0.25) is 0 Å². The maximum absolute atomic E-state index is 13.0. The molecule has 1 aromatic heterocycles. The van der Waals surface area contributed by atoms with Crippen molar-refractivity contribution in [3.8, 4) is 17.1 Å². The van der Waals surface area contributed by atoms with Crippen molar-refractivity contribution >= 4 is 5.82 Å². The molecule has 0 bridgehead atoms. The molecule has 0 N–H and O–H groups in total. The third kappa shape index (κ3) is 2.31. The summed E-state index contributed by atoms with van der Waals surface area (Å²) in [5.41, 5.74) is 3.17. The Morgan fingerprint density at radius 3 is 2.74 bits per heavy atom. The third-order valence-electron chi connectivity index (χ3n) is 4.68. The van der Waals surface area contributed by atoms with Gasteiger partial charge in [0.1, 0.15) is 5.69 Å². The number of hydrogen-bond donors (Lipinski definition) is 0. The zero-order valence-electron chi connectivity index (χ0n) is 13.4. The van der Waals surface area contributed by atoms with E-state index in [-0.39, 0.29) is 5.56 Å². The molecule has 0 unspecified atom stereocenters. The van der Waals surface area contributed by atoms with Crippen molar-refractivity contribution in [2.45, 2.75) is 32.7 Å². The summed E-state index contributed by atoms with van der Waals surface area (Å²) < 4.78 is 7.67. The highest BCUT2D eigenvalue weighted by Gasteiger charge is 2.27. The van der Waals surface area contributed by atoms with Gasteiger partial charge >= 0.3 is 0 Å². The number of hydrogen-bond acceptors (Lipinski definition) is 4. The first-order chi connectivity index (χ1) is 11.3. The molecule has 5 heteroatoms. The Balaban J connectivity index is 1.94. The molecule has 23 heavy (non-hydrogen) atoms. The van der Waals surface area contributed by atoms with Crippen LogP contribution >= 0.6 is 0 Å². The van der Waals surface area contributed by atoms with Crippen molar-refractivity contribution in [2.75, 3.05) is 24.6 Å². The highest BCUT2D eigenvalue weighted by Crippen LogP contribution is 2.35. The van der Waals surface area contributed by atoms with E-state index >= 15 is 0 Å². The van der Waals surface area contributed by atoms with E-state index in [9.17, 15) is 4.79 Å². The molecule has 120 valence electrons. The molecule has 0 spiro atoms. The Morgan fingerprint density at radius 1 is 1.17 bits per heavy atom. The van der Waals surface area contributed by atoms with E-state index in [1.54, 1.807) is 0 Å². The summed E-state index contributed by atoms with van der Waals surface area (Å²) >= 11 is 0. The van der Waals surface area contributed by atoms with Gasteiger partial charge in [-0.2, -0.15) is 4.98 Å². The molecule has 5 nitrogen and oxygen atoms in total. The Morgan fingerprint density at radius 2 is 1.96 bits per heavy atom. The Labute approximate surface area is 135 Å². The molecule has 3 heterocycles. The van der Waals surface area contributed by atoms with Gasteiger partial charge in [0.05, 0.1) is 6.61 Å². The van der Waals surface area contributed by atoms with Gasteiger partial charge in [-0.15, -0.1) is 0 Å². The lowest BCUT2D eigenvalue weighted by molar-refractivity contribution is 0.323. The first kappa shape index (κ1) is 14.3. The first-order valence-electron chi connectivity index (χ1n) is 8.40. The van der Waals surface area contributed by atoms with Gasteiger partial charge in [0, 0.05) is 25.2 Å². The SMILES string of the molecule is CCOc1nc(N2CCCC2)c(=O)n2c1-c1ccccc1CC2. The average Bonchev–Trinajstić information content (AvgIpc) is 3.11. The van der Waals surface area contributed by atoms with Crippen LogP contribution in [0.25, 0.3) is 11.3 Å². The number of ether oxygens (including phenoxy) is 1. The summed E-state index contributed by atoms with van der Waals surface area (Å²) in [6.45, 7) is 5.00. The summed E-state index contributed by atoms with van der Waals surface area (Å²) in [6, 6.07) is 8.22. The van der Waals surface area contributed by atoms with Crippen LogP contribution in [0.3, 0.4) is 0 Å². The minimum absolute atomic E-state index is 0.0138. The Hall–Kier alpha value is -2.30. The normalized spacial score (nSPS) is 16.1. The number of anilines is 1. The fourth-order valence-electron chi connectivity index (χ4n) is 3.58. The van der Waals surface area contributed by atoms with E-state index in [1.807, 2.05) is 23.6 Å². The first-order valence-corrected chi connectivity index (χ1v) is 8.40. The van der Waals surface area contributed by atoms with Crippen molar-refractivity contribution in [1.82, 2.24) is 9.55 Å². The molecule has 1 saturated heterocycles. The highest BCUT2D eigenvalue weighted by atomic mass is 16.5. The zero-order valence-corrected chi connectivity index (χ0v) is 13.4. The number of benzene rings is 1. The van der Waals surface area contributed by atoms with Crippen molar-refractivity contribution in [2.24, 2.45) is 0 Å². The highest BCUT2D eigenvalue weighted by molar-refractivity contribution is 5.71. The zero-order chi connectivity index (χ0) is 15.8. The molecule has 0 aliphatic carbocycles. The predicted octanol–water partition coefficient (Wildman–Crippen LogP) is 2.47.